The Hall–Kier alpha value is -0.190. The molecule has 2 fully saturated rings. The Morgan fingerprint density at radius 3 is 3.00 bits per heavy atom. The molecular weight excluding hydrogens is 288 g/mol. The van der Waals surface area contributed by atoms with E-state index >= 15 is 0 Å². The van der Waals surface area contributed by atoms with Crippen molar-refractivity contribution in [3.05, 3.63) is 20.8 Å². The van der Waals surface area contributed by atoms with Crippen LogP contribution in [0.3, 0.4) is 0 Å². The summed E-state index contributed by atoms with van der Waals surface area (Å²) in [5, 5.41) is 2.02. The van der Waals surface area contributed by atoms with Gasteiger partial charge in [-0.15, -0.1) is 11.3 Å². The van der Waals surface area contributed by atoms with Crippen molar-refractivity contribution >= 4 is 33.0 Å². The smallest absolute Gasteiger partial charge is 0.143 e. The molecule has 0 saturated carbocycles. The summed E-state index contributed by atoms with van der Waals surface area (Å²) in [6.07, 6.45) is 4.33. The number of fused-ring (bicyclic) bond motifs is 2. The fourth-order valence-electron chi connectivity index (χ4n) is 2.72. The quantitative estimate of drug-likeness (QED) is 0.857. The van der Waals surface area contributed by atoms with E-state index in [4.69, 9.17) is 4.74 Å². The average Bonchev–Trinajstić information content (AvgIpc) is 2.95. The molecule has 0 aliphatic carbocycles. The van der Waals surface area contributed by atoms with Gasteiger partial charge >= 0.3 is 0 Å². The third-order valence-electron chi connectivity index (χ3n) is 3.55. The number of ether oxygens (including phenoxy) is 1. The molecule has 2 saturated heterocycles. The molecule has 86 valence electrons. The van der Waals surface area contributed by atoms with Gasteiger partial charge in [-0.25, -0.2) is 0 Å². The first-order chi connectivity index (χ1) is 7.74. The van der Waals surface area contributed by atoms with Crippen LogP contribution in [0.5, 0.6) is 0 Å². The topological polar surface area (TPSA) is 26.3 Å². The van der Waals surface area contributed by atoms with Crippen molar-refractivity contribution in [2.45, 2.75) is 37.9 Å². The Kier molecular flexibility index (Phi) is 2.90. The highest BCUT2D eigenvalue weighted by atomic mass is 79.9. The van der Waals surface area contributed by atoms with Gasteiger partial charge in [-0.05, 0) is 46.6 Å². The molecule has 1 aromatic rings. The normalized spacial score (nSPS) is 32.2. The number of ketones is 1. The van der Waals surface area contributed by atoms with E-state index in [1.807, 2.05) is 11.4 Å². The summed E-state index contributed by atoms with van der Waals surface area (Å²) in [5.41, 5.74) is 0. The Bertz CT molecular complexity index is 415. The second-order valence-electron chi connectivity index (χ2n) is 4.55. The number of Topliss-reactive ketones (excluding diaryl/α,β-unsaturated/α-hetero) is 1. The van der Waals surface area contributed by atoms with Crippen molar-refractivity contribution in [2.24, 2.45) is 5.92 Å². The molecule has 0 amide bonds. The highest BCUT2D eigenvalue weighted by molar-refractivity contribution is 9.10. The zero-order chi connectivity index (χ0) is 11.1. The van der Waals surface area contributed by atoms with Gasteiger partial charge in [0.25, 0.3) is 0 Å². The maximum absolute atomic E-state index is 12.2. The van der Waals surface area contributed by atoms with Gasteiger partial charge in [0.2, 0.25) is 0 Å². The fraction of sp³-hybridized carbons (Fsp3) is 0.583. The minimum atomic E-state index is 0.160. The summed E-state index contributed by atoms with van der Waals surface area (Å²) >= 11 is 5.12. The average molecular weight is 301 g/mol. The van der Waals surface area contributed by atoms with Crippen LogP contribution in [0.15, 0.2) is 15.9 Å². The van der Waals surface area contributed by atoms with Crippen LogP contribution in [0.1, 0.15) is 24.1 Å². The van der Waals surface area contributed by atoms with Crippen LogP contribution < -0.4 is 0 Å². The van der Waals surface area contributed by atoms with Crippen LogP contribution in [0.2, 0.25) is 0 Å². The number of rotatable bonds is 3. The van der Waals surface area contributed by atoms with Gasteiger partial charge in [0, 0.05) is 21.7 Å². The van der Waals surface area contributed by atoms with Gasteiger partial charge in [0.15, 0.2) is 0 Å². The molecule has 0 N–H and O–H groups in total. The summed E-state index contributed by atoms with van der Waals surface area (Å²) in [4.78, 5) is 13.3. The Morgan fingerprint density at radius 1 is 1.56 bits per heavy atom. The molecule has 2 bridgehead atoms. The van der Waals surface area contributed by atoms with Crippen molar-refractivity contribution in [1.29, 1.82) is 0 Å². The zero-order valence-corrected chi connectivity index (χ0v) is 11.2. The highest BCUT2D eigenvalue weighted by Gasteiger charge is 2.44. The molecule has 1 aromatic heterocycles. The summed E-state index contributed by atoms with van der Waals surface area (Å²) in [5.74, 6) is 0.517. The van der Waals surface area contributed by atoms with Gasteiger partial charge < -0.3 is 4.74 Å². The number of hydrogen-bond acceptors (Lipinski definition) is 3. The van der Waals surface area contributed by atoms with Crippen molar-refractivity contribution in [3.63, 3.8) is 0 Å². The molecule has 0 radical (unpaired) electrons. The summed E-state index contributed by atoms with van der Waals surface area (Å²) in [7, 11) is 0. The predicted octanol–water partition coefficient (Wildman–Crippen LogP) is 3.19. The minimum Gasteiger partial charge on any atom is -0.374 e. The van der Waals surface area contributed by atoms with E-state index in [9.17, 15) is 4.79 Å². The minimum absolute atomic E-state index is 0.160. The van der Waals surface area contributed by atoms with Crippen molar-refractivity contribution < 1.29 is 9.53 Å². The Labute approximate surface area is 107 Å². The van der Waals surface area contributed by atoms with E-state index in [1.54, 1.807) is 11.3 Å². The SMILES string of the molecule is O=C(Cc1sccc1Br)C1CC2CCC1O2. The molecule has 3 unspecified atom stereocenters. The summed E-state index contributed by atoms with van der Waals surface area (Å²) in [6, 6.07) is 2.00. The maximum Gasteiger partial charge on any atom is 0.143 e. The lowest BCUT2D eigenvalue weighted by atomic mass is 9.85. The molecule has 4 heteroatoms. The van der Waals surface area contributed by atoms with Crippen LogP contribution in [-0.4, -0.2) is 18.0 Å². The van der Waals surface area contributed by atoms with E-state index in [0.29, 0.717) is 18.3 Å². The van der Waals surface area contributed by atoms with Gasteiger partial charge in [-0.3, -0.25) is 4.79 Å². The Balaban J connectivity index is 1.68. The summed E-state index contributed by atoms with van der Waals surface area (Å²) < 4.78 is 6.79. The first-order valence-electron chi connectivity index (χ1n) is 5.64. The molecule has 2 nitrogen and oxygen atoms in total. The third-order valence-corrected chi connectivity index (χ3v) is 5.47. The van der Waals surface area contributed by atoms with Crippen LogP contribution in [-0.2, 0) is 16.0 Å². The molecule has 0 aromatic carbocycles. The molecular formula is C12H13BrO2S. The standard InChI is InChI=1S/C12H13BrO2S/c13-9-3-4-16-12(9)6-10(14)8-5-7-1-2-11(8)15-7/h3-4,7-8,11H,1-2,5-6H2. The molecule has 3 heterocycles. The number of halogens is 1. The van der Waals surface area contributed by atoms with Gasteiger partial charge in [0.05, 0.1) is 12.2 Å². The first-order valence-corrected chi connectivity index (χ1v) is 7.31. The molecule has 0 spiro atoms. The number of carbonyl (C=O) groups is 1. The molecule has 3 atom stereocenters. The van der Waals surface area contributed by atoms with E-state index in [2.05, 4.69) is 15.9 Å². The van der Waals surface area contributed by atoms with E-state index in [-0.39, 0.29) is 12.0 Å². The van der Waals surface area contributed by atoms with Crippen molar-refractivity contribution in [3.8, 4) is 0 Å². The maximum atomic E-state index is 12.2. The summed E-state index contributed by atoms with van der Waals surface area (Å²) in [6.45, 7) is 0. The zero-order valence-electron chi connectivity index (χ0n) is 8.82. The number of hydrogen-bond donors (Lipinski definition) is 0. The molecule has 2 aliphatic rings. The van der Waals surface area contributed by atoms with E-state index < -0.39 is 0 Å². The lowest BCUT2D eigenvalue weighted by Crippen LogP contribution is -2.26. The van der Waals surface area contributed by atoms with E-state index in [1.165, 1.54) is 0 Å². The lowest BCUT2D eigenvalue weighted by molar-refractivity contribution is -0.123. The van der Waals surface area contributed by atoms with Crippen LogP contribution in [0.25, 0.3) is 0 Å². The lowest BCUT2D eigenvalue weighted by Gasteiger charge is -2.16. The van der Waals surface area contributed by atoms with E-state index in [0.717, 1.165) is 28.6 Å². The number of carbonyl (C=O) groups excluding carboxylic acids is 1. The molecule has 16 heavy (non-hydrogen) atoms. The van der Waals surface area contributed by atoms with Gasteiger partial charge in [-0.1, -0.05) is 0 Å². The molecule has 2 aliphatic heterocycles. The second kappa shape index (κ2) is 4.24. The third kappa shape index (κ3) is 1.87. The van der Waals surface area contributed by atoms with Crippen LogP contribution >= 0.6 is 27.3 Å². The fourth-order valence-corrected chi connectivity index (χ4v) is 4.22. The van der Waals surface area contributed by atoms with Crippen molar-refractivity contribution in [2.75, 3.05) is 0 Å². The van der Waals surface area contributed by atoms with Gasteiger partial charge in [-0.2, -0.15) is 0 Å². The monoisotopic (exact) mass is 300 g/mol. The largest absolute Gasteiger partial charge is 0.374 e. The molecule has 3 rings (SSSR count). The van der Waals surface area contributed by atoms with Gasteiger partial charge in [0.1, 0.15) is 5.78 Å². The van der Waals surface area contributed by atoms with Crippen LogP contribution in [0, 0.1) is 5.92 Å². The second-order valence-corrected chi connectivity index (χ2v) is 6.41. The number of thiophene rings is 1. The van der Waals surface area contributed by atoms with Crippen LogP contribution in [0.4, 0.5) is 0 Å². The Morgan fingerprint density at radius 2 is 2.44 bits per heavy atom. The first kappa shape index (κ1) is 10.9. The van der Waals surface area contributed by atoms with Crippen molar-refractivity contribution in [1.82, 2.24) is 0 Å². The highest BCUT2D eigenvalue weighted by Crippen LogP contribution is 2.40. The predicted molar refractivity (Wildman–Crippen MR) is 66.7 cm³/mol.